The van der Waals surface area contributed by atoms with E-state index in [0.29, 0.717) is 13.1 Å². The predicted octanol–water partition coefficient (Wildman–Crippen LogP) is 0.669. The summed E-state index contributed by atoms with van der Waals surface area (Å²) in [6.07, 6.45) is 0. The number of nitrogen functional groups attached to an aromatic ring is 1. The molecular weight excluding hydrogens is 180 g/mol. The fraction of sp³-hybridized carbons (Fsp3) is 0.300. The Morgan fingerprint density at radius 3 is 2.93 bits per heavy atom. The van der Waals surface area contributed by atoms with Gasteiger partial charge in [0.2, 0.25) is 0 Å². The van der Waals surface area contributed by atoms with E-state index in [9.17, 15) is 4.79 Å². The molecule has 1 aliphatic heterocycles. The van der Waals surface area contributed by atoms with E-state index in [0.717, 1.165) is 16.8 Å². The molecule has 14 heavy (non-hydrogen) atoms. The molecule has 2 rings (SSSR count). The van der Waals surface area contributed by atoms with Gasteiger partial charge in [-0.15, -0.1) is 0 Å². The molecule has 0 aliphatic carbocycles. The van der Waals surface area contributed by atoms with Gasteiger partial charge in [0.1, 0.15) is 0 Å². The topological polar surface area (TPSA) is 66.6 Å². The van der Waals surface area contributed by atoms with E-state index >= 15 is 0 Å². The molecule has 1 aromatic rings. The van der Waals surface area contributed by atoms with Gasteiger partial charge in [0.15, 0.2) is 0 Å². The Kier molecular flexibility index (Phi) is 2.13. The maximum atomic E-state index is 10.5. The minimum Gasteiger partial charge on any atom is -0.480 e. The zero-order valence-corrected chi connectivity index (χ0v) is 7.73. The van der Waals surface area contributed by atoms with Crippen molar-refractivity contribution in [1.82, 2.24) is 4.90 Å². The van der Waals surface area contributed by atoms with Crippen LogP contribution in [0.2, 0.25) is 0 Å². The molecule has 0 bridgehead atoms. The Bertz CT molecular complexity index is 376. The highest BCUT2D eigenvalue weighted by Crippen LogP contribution is 2.26. The molecule has 0 radical (unpaired) electrons. The second-order valence-corrected chi connectivity index (χ2v) is 3.52. The van der Waals surface area contributed by atoms with Crippen molar-refractivity contribution < 1.29 is 9.90 Å². The smallest absolute Gasteiger partial charge is 0.317 e. The maximum Gasteiger partial charge on any atom is 0.317 e. The number of fused-ring (bicyclic) bond motifs is 1. The molecule has 0 fully saturated rings. The lowest BCUT2D eigenvalue weighted by Crippen LogP contribution is -2.24. The first-order chi connectivity index (χ1) is 6.66. The standard InChI is InChI=1S/C10H12N2O2/c11-9-3-1-2-7-4-12(5-8(7)9)6-10(13)14/h1-3H,4-6,11H2,(H,13,14). The van der Waals surface area contributed by atoms with E-state index in [2.05, 4.69) is 0 Å². The third kappa shape index (κ3) is 1.56. The summed E-state index contributed by atoms with van der Waals surface area (Å²) in [5.74, 6) is -0.795. The number of rotatable bonds is 2. The summed E-state index contributed by atoms with van der Waals surface area (Å²) in [6.45, 7) is 1.41. The van der Waals surface area contributed by atoms with Crippen LogP contribution >= 0.6 is 0 Å². The molecule has 1 aliphatic rings. The second kappa shape index (κ2) is 3.31. The van der Waals surface area contributed by atoms with Gasteiger partial charge in [0, 0.05) is 18.8 Å². The Morgan fingerprint density at radius 1 is 1.50 bits per heavy atom. The summed E-state index contributed by atoms with van der Waals surface area (Å²) >= 11 is 0. The number of carboxylic acids is 1. The maximum absolute atomic E-state index is 10.5. The van der Waals surface area contributed by atoms with Gasteiger partial charge in [0.05, 0.1) is 6.54 Å². The first kappa shape index (κ1) is 9.02. The molecule has 0 saturated carbocycles. The minimum atomic E-state index is -0.795. The quantitative estimate of drug-likeness (QED) is 0.676. The lowest BCUT2D eigenvalue weighted by molar-refractivity contribution is -0.138. The molecule has 3 N–H and O–H groups in total. The molecule has 0 amide bonds. The minimum absolute atomic E-state index is 0.0775. The van der Waals surface area contributed by atoms with Crippen molar-refractivity contribution in [2.75, 3.05) is 12.3 Å². The van der Waals surface area contributed by atoms with Crippen LogP contribution in [-0.4, -0.2) is 22.5 Å². The van der Waals surface area contributed by atoms with Crippen molar-refractivity contribution in [1.29, 1.82) is 0 Å². The molecule has 0 atom stereocenters. The molecule has 1 heterocycles. The Morgan fingerprint density at radius 2 is 2.29 bits per heavy atom. The van der Waals surface area contributed by atoms with Gasteiger partial charge in [-0.1, -0.05) is 12.1 Å². The van der Waals surface area contributed by atoms with Gasteiger partial charge in [0.25, 0.3) is 0 Å². The van der Waals surface area contributed by atoms with Gasteiger partial charge >= 0.3 is 5.97 Å². The third-order valence-corrected chi connectivity index (χ3v) is 2.44. The van der Waals surface area contributed by atoms with Gasteiger partial charge in [-0.3, -0.25) is 9.69 Å². The highest BCUT2D eigenvalue weighted by atomic mass is 16.4. The fourth-order valence-electron chi connectivity index (χ4n) is 1.82. The molecule has 4 nitrogen and oxygen atoms in total. The number of nitrogens with zero attached hydrogens (tertiary/aromatic N) is 1. The summed E-state index contributed by atoms with van der Waals surface area (Å²) in [7, 11) is 0. The molecular formula is C10H12N2O2. The van der Waals surface area contributed by atoms with Crippen LogP contribution in [0.1, 0.15) is 11.1 Å². The number of hydrogen-bond acceptors (Lipinski definition) is 3. The van der Waals surface area contributed by atoms with Crippen LogP contribution in [-0.2, 0) is 17.9 Å². The average Bonchev–Trinajstić information content (AvgIpc) is 2.47. The molecule has 0 spiro atoms. The molecule has 1 aromatic carbocycles. The second-order valence-electron chi connectivity index (χ2n) is 3.52. The van der Waals surface area contributed by atoms with E-state index in [1.807, 2.05) is 23.1 Å². The average molecular weight is 192 g/mol. The Hall–Kier alpha value is -1.55. The molecule has 0 saturated heterocycles. The van der Waals surface area contributed by atoms with Crippen molar-refractivity contribution in [2.24, 2.45) is 0 Å². The van der Waals surface area contributed by atoms with Crippen LogP contribution in [0, 0.1) is 0 Å². The third-order valence-electron chi connectivity index (χ3n) is 2.44. The zero-order chi connectivity index (χ0) is 10.1. The summed E-state index contributed by atoms with van der Waals surface area (Å²) in [5.41, 5.74) is 8.77. The van der Waals surface area contributed by atoms with Gasteiger partial charge < -0.3 is 10.8 Å². The van der Waals surface area contributed by atoms with Crippen LogP contribution in [0.4, 0.5) is 5.69 Å². The Labute approximate surface area is 81.9 Å². The van der Waals surface area contributed by atoms with E-state index in [-0.39, 0.29) is 6.54 Å². The van der Waals surface area contributed by atoms with Gasteiger partial charge in [-0.25, -0.2) is 0 Å². The lowest BCUT2D eigenvalue weighted by atomic mass is 10.1. The molecule has 4 heteroatoms. The van der Waals surface area contributed by atoms with Gasteiger partial charge in [-0.05, 0) is 17.2 Å². The lowest BCUT2D eigenvalue weighted by Gasteiger charge is -2.10. The highest BCUT2D eigenvalue weighted by molar-refractivity contribution is 5.69. The van der Waals surface area contributed by atoms with E-state index in [1.165, 1.54) is 0 Å². The summed E-state index contributed by atoms with van der Waals surface area (Å²) in [4.78, 5) is 12.4. The number of anilines is 1. The Balaban J connectivity index is 2.18. The van der Waals surface area contributed by atoms with Crippen molar-refractivity contribution >= 4 is 11.7 Å². The number of carboxylic acid groups (broad SMARTS) is 1. The summed E-state index contributed by atoms with van der Waals surface area (Å²) in [6, 6.07) is 5.75. The van der Waals surface area contributed by atoms with Crippen LogP contribution in [0.5, 0.6) is 0 Å². The van der Waals surface area contributed by atoms with E-state index in [4.69, 9.17) is 10.8 Å². The normalized spacial score (nSPS) is 15.4. The van der Waals surface area contributed by atoms with Crippen LogP contribution in [0.15, 0.2) is 18.2 Å². The molecule has 0 aromatic heterocycles. The van der Waals surface area contributed by atoms with E-state index < -0.39 is 5.97 Å². The number of hydrogen-bond donors (Lipinski definition) is 2. The largest absolute Gasteiger partial charge is 0.480 e. The monoisotopic (exact) mass is 192 g/mol. The van der Waals surface area contributed by atoms with E-state index in [1.54, 1.807) is 0 Å². The van der Waals surface area contributed by atoms with Crippen LogP contribution in [0.3, 0.4) is 0 Å². The summed E-state index contributed by atoms with van der Waals surface area (Å²) < 4.78 is 0. The first-order valence-electron chi connectivity index (χ1n) is 4.47. The highest BCUT2D eigenvalue weighted by Gasteiger charge is 2.21. The number of benzene rings is 1. The van der Waals surface area contributed by atoms with Gasteiger partial charge in [-0.2, -0.15) is 0 Å². The van der Waals surface area contributed by atoms with Crippen molar-refractivity contribution in [2.45, 2.75) is 13.1 Å². The van der Waals surface area contributed by atoms with Crippen molar-refractivity contribution in [3.8, 4) is 0 Å². The SMILES string of the molecule is Nc1cccc2c1CN(CC(=O)O)C2. The summed E-state index contributed by atoms with van der Waals surface area (Å²) in [5, 5.41) is 8.65. The predicted molar refractivity (Wildman–Crippen MR) is 52.6 cm³/mol. The van der Waals surface area contributed by atoms with Crippen molar-refractivity contribution in [3.05, 3.63) is 29.3 Å². The van der Waals surface area contributed by atoms with Crippen LogP contribution < -0.4 is 5.73 Å². The molecule has 74 valence electrons. The number of nitrogens with two attached hydrogens (primary N) is 1. The van der Waals surface area contributed by atoms with Crippen molar-refractivity contribution in [3.63, 3.8) is 0 Å². The molecule has 0 unspecified atom stereocenters. The van der Waals surface area contributed by atoms with Crippen LogP contribution in [0.25, 0.3) is 0 Å². The fourth-order valence-corrected chi connectivity index (χ4v) is 1.82. The first-order valence-corrected chi connectivity index (χ1v) is 4.47. The zero-order valence-electron chi connectivity index (χ0n) is 7.73. The number of carbonyl (C=O) groups is 1. The number of aliphatic carboxylic acids is 1.